The Kier molecular flexibility index (Phi) is 4.84. The first-order valence-corrected chi connectivity index (χ1v) is 10.5. The van der Waals surface area contributed by atoms with Crippen LogP contribution in [0.25, 0.3) is 21.1 Å². The summed E-state index contributed by atoms with van der Waals surface area (Å²) in [5.74, 6) is 1.32. The van der Waals surface area contributed by atoms with Gasteiger partial charge in [-0.15, -0.1) is 11.3 Å². The van der Waals surface area contributed by atoms with Gasteiger partial charge in [0.25, 0.3) is 11.1 Å². The molecule has 0 saturated heterocycles. The number of thiophene rings is 1. The van der Waals surface area contributed by atoms with Crippen LogP contribution >= 0.6 is 23.1 Å². The molecule has 0 unspecified atom stereocenters. The molecule has 0 bridgehead atoms. The average molecular weight is 399 g/mol. The topological polar surface area (TPSA) is 80.6 Å². The highest BCUT2D eigenvalue weighted by atomic mass is 32.2. The van der Waals surface area contributed by atoms with Crippen LogP contribution in [0.5, 0.6) is 0 Å². The number of thioether (sulfide) groups is 1. The van der Waals surface area contributed by atoms with E-state index in [-0.39, 0.29) is 11.1 Å². The Balaban J connectivity index is 1.73. The predicted molar refractivity (Wildman–Crippen MR) is 111 cm³/mol. The average Bonchev–Trinajstić information content (AvgIpc) is 3.12. The van der Waals surface area contributed by atoms with Crippen LogP contribution in [-0.4, -0.2) is 19.5 Å². The van der Waals surface area contributed by atoms with Crippen LogP contribution < -0.4 is 11.1 Å². The number of para-hydroxylation sites is 1. The molecule has 0 aliphatic heterocycles. The quantitative estimate of drug-likeness (QED) is 0.410. The van der Waals surface area contributed by atoms with Crippen molar-refractivity contribution in [1.29, 1.82) is 0 Å². The minimum atomic E-state index is -0.128. The molecular formula is C19H18N4O2S2. The fraction of sp³-hybridized carbons (Fsp3) is 0.263. The van der Waals surface area contributed by atoms with Gasteiger partial charge < -0.3 is 4.98 Å². The van der Waals surface area contributed by atoms with E-state index >= 15 is 0 Å². The third-order valence-electron chi connectivity index (χ3n) is 4.08. The van der Waals surface area contributed by atoms with Crippen LogP contribution in [0.2, 0.25) is 0 Å². The van der Waals surface area contributed by atoms with Crippen molar-refractivity contribution < 1.29 is 0 Å². The lowest BCUT2D eigenvalue weighted by molar-refractivity contribution is 0.475. The van der Waals surface area contributed by atoms with Gasteiger partial charge in [-0.25, -0.2) is 9.97 Å². The SMILES string of the molecule is CC(C)Cn1c(SCc2nc3ccsc3c(=O)[nH]2)nc2ccccc2c1=O. The van der Waals surface area contributed by atoms with Crippen LogP contribution in [-0.2, 0) is 12.3 Å². The summed E-state index contributed by atoms with van der Waals surface area (Å²) in [4.78, 5) is 37.1. The Bertz CT molecular complexity index is 1240. The summed E-state index contributed by atoms with van der Waals surface area (Å²) in [5.41, 5.74) is 1.22. The van der Waals surface area contributed by atoms with Gasteiger partial charge in [0.15, 0.2) is 5.16 Å². The molecule has 3 aromatic heterocycles. The number of aromatic amines is 1. The Hall–Kier alpha value is -2.45. The molecule has 0 aliphatic rings. The first kappa shape index (κ1) is 17.9. The Morgan fingerprint density at radius 2 is 1.96 bits per heavy atom. The summed E-state index contributed by atoms with van der Waals surface area (Å²) in [7, 11) is 0. The van der Waals surface area contributed by atoms with Gasteiger partial charge in [0.2, 0.25) is 0 Å². The molecule has 4 rings (SSSR count). The van der Waals surface area contributed by atoms with Crippen molar-refractivity contribution in [2.24, 2.45) is 5.92 Å². The van der Waals surface area contributed by atoms with E-state index in [1.165, 1.54) is 23.1 Å². The second-order valence-electron chi connectivity index (χ2n) is 6.66. The lowest BCUT2D eigenvalue weighted by Gasteiger charge is -2.14. The highest BCUT2D eigenvalue weighted by Gasteiger charge is 2.14. The van der Waals surface area contributed by atoms with E-state index in [0.717, 1.165) is 0 Å². The summed E-state index contributed by atoms with van der Waals surface area (Å²) in [6.07, 6.45) is 0. The normalized spacial score (nSPS) is 11.7. The lowest BCUT2D eigenvalue weighted by atomic mass is 10.2. The van der Waals surface area contributed by atoms with Crippen molar-refractivity contribution in [1.82, 2.24) is 19.5 Å². The Labute approximate surface area is 163 Å². The van der Waals surface area contributed by atoms with Crippen molar-refractivity contribution in [2.45, 2.75) is 31.3 Å². The molecular weight excluding hydrogens is 380 g/mol. The van der Waals surface area contributed by atoms with Crippen molar-refractivity contribution >= 4 is 44.2 Å². The van der Waals surface area contributed by atoms with E-state index in [9.17, 15) is 9.59 Å². The largest absolute Gasteiger partial charge is 0.309 e. The van der Waals surface area contributed by atoms with E-state index < -0.39 is 0 Å². The highest BCUT2D eigenvalue weighted by Crippen LogP contribution is 2.22. The van der Waals surface area contributed by atoms with Crippen LogP contribution in [0.4, 0.5) is 0 Å². The fourth-order valence-electron chi connectivity index (χ4n) is 2.91. The molecule has 0 fully saturated rings. The molecule has 0 saturated carbocycles. The summed E-state index contributed by atoms with van der Waals surface area (Å²) in [6, 6.07) is 9.21. The zero-order chi connectivity index (χ0) is 19.0. The van der Waals surface area contributed by atoms with Crippen LogP contribution in [0, 0.1) is 5.92 Å². The van der Waals surface area contributed by atoms with Crippen molar-refractivity contribution in [2.75, 3.05) is 0 Å². The first-order chi connectivity index (χ1) is 13.0. The van der Waals surface area contributed by atoms with E-state index in [4.69, 9.17) is 0 Å². The second-order valence-corrected chi connectivity index (χ2v) is 8.52. The Morgan fingerprint density at radius 3 is 2.78 bits per heavy atom. The van der Waals surface area contributed by atoms with E-state index in [2.05, 4.69) is 28.8 Å². The van der Waals surface area contributed by atoms with Gasteiger partial charge in [0.05, 0.1) is 22.2 Å². The van der Waals surface area contributed by atoms with Crippen LogP contribution in [0.15, 0.2) is 50.5 Å². The number of benzene rings is 1. The van der Waals surface area contributed by atoms with Gasteiger partial charge in [-0.1, -0.05) is 37.7 Å². The minimum Gasteiger partial charge on any atom is -0.309 e. The van der Waals surface area contributed by atoms with E-state index in [1.54, 1.807) is 10.6 Å². The zero-order valence-corrected chi connectivity index (χ0v) is 16.6. The van der Waals surface area contributed by atoms with Gasteiger partial charge in [0, 0.05) is 6.54 Å². The van der Waals surface area contributed by atoms with Gasteiger partial charge in [-0.2, -0.15) is 0 Å². The second kappa shape index (κ2) is 7.28. The molecule has 0 amide bonds. The maximum atomic E-state index is 12.9. The molecule has 0 spiro atoms. The zero-order valence-electron chi connectivity index (χ0n) is 14.9. The van der Waals surface area contributed by atoms with Gasteiger partial charge in [0.1, 0.15) is 10.5 Å². The summed E-state index contributed by atoms with van der Waals surface area (Å²) in [6.45, 7) is 4.73. The number of aromatic nitrogens is 4. The predicted octanol–water partition coefficient (Wildman–Crippen LogP) is 3.64. The number of hydrogen-bond donors (Lipinski definition) is 1. The highest BCUT2D eigenvalue weighted by molar-refractivity contribution is 7.98. The molecule has 0 atom stereocenters. The summed E-state index contributed by atoms with van der Waals surface area (Å²) in [5, 5.41) is 3.11. The van der Waals surface area contributed by atoms with Gasteiger partial charge in [-0.3, -0.25) is 14.2 Å². The van der Waals surface area contributed by atoms with Crippen molar-refractivity contribution in [3.63, 3.8) is 0 Å². The molecule has 138 valence electrons. The third-order valence-corrected chi connectivity index (χ3v) is 5.97. The Morgan fingerprint density at radius 1 is 1.15 bits per heavy atom. The van der Waals surface area contributed by atoms with Crippen molar-refractivity contribution in [3.8, 4) is 0 Å². The number of nitrogens with zero attached hydrogens (tertiary/aromatic N) is 3. The monoisotopic (exact) mass is 398 g/mol. The molecule has 0 radical (unpaired) electrons. The molecule has 27 heavy (non-hydrogen) atoms. The summed E-state index contributed by atoms with van der Waals surface area (Å²) >= 11 is 2.79. The number of H-pyrrole nitrogens is 1. The standard InChI is InChI=1S/C19H18N4O2S2/c1-11(2)9-23-18(25)12-5-3-4-6-13(12)21-19(23)27-10-15-20-14-7-8-26-16(14)17(24)22-15/h3-8,11H,9-10H2,1-2H3,(H,20,22,24). The molecule has 4 aromatic rings. The molecule has 1 aromatic carbocycles. The molecule has 6 nitrogen and oxygen atoms in total. The number of hydrogen-bond acceptors (Lipinski definition) is 6. The fourth-order valence-corrected chi connectivity index (χ4v) is 4.51. The molecule has 0 aliphatic carbocycles. The number of rotatable bonds is 5. The van der Waals surface area contributed by atoms with E-state index in [0.29, 0.717) is 50.3 Å². The number of fused-ring (bicyclic) bond motifs is 2. The smallest absolute Gasteiger partial charge is 0.268 e. The van der Waals surface area contributed by atoms with Gasteiger partial charge in [-0.05, 0) is 29.5 Å². The third kappa shape index (κ3) is 3.54. The van der Waals surface area contributed by atoms with Gasteiger partial charge >= 0.3 is 0 Å². The maximum absolute atomic E-state index is 12.9. The van der Waals surface area contributed by atoms with E-state index in [1.807, 2.05) is 29.6 Å². The molecule has 8 heteroatoms. The minimum absolute atomic E-state index is 0.0356. The number of nitrogens with one attached hydrogen (secondary N) is 1. The van der Waals surface area contributed by atoms with Crippen LogP contribution in [0.3, 0.4) is 0 Å². The summed E-state index contributed by atoms with van der Waals surface area (Å²) < 4.78 is 2.35. The maximum Gasteiger partial charge on any atom is 0.268 e. The lowest BCUT2D eigenvalue weighted by Crippen LogP contribution is -2.25. The molecule has 3 heterocycles. The van der Waals surface area contributed by atoms with Crippen LogP contribution in [0.1, 0.15) is 19.7 Å². The molecule has 1 N–H and O–H groups in total. The first-order valence-electron chi connectivity index (χ1n) is 8.61. The van der Waals surface area contributed by atoms with Crippen molar-refractivity contribution in [3.05, 3.63) is 62.2 Å².